The molecule has 2 aliphatic heterocycles. The third-order valence-corrected chi connectivity index (χ3v) is 6.03. The highest BCUT2D eigenvalue weighted by molar-refractivity contribution is 8.00. The fourth-order valence-corrected chi connectivity index (χ4v) is 4.31. The van der Waals surface area contributed by atoms with E-state index >= 15 is 0 Å². The Balaban J connectivity index is 2.02. The van der Waals surface area contributed by atoms with Crippen molar-refractivity contribution < 1.29 is 14.7 Å². The molecular formula is C15H26N2O3S. The number of carbonyl (C=O) groups is 2. The topological polar surface area (TPSA) is 60.9 Å². The van der Waals surface area contributed by atoms with E-state index in [1.165, 1.54) is 0 Å². The Morgan fingerprint density at radius 2 is 1.95 bits per heavy atom. The maximum absolute atomic E-state index is 12.9. The molecule has 3 unspecified atom stereocenters. The average Bonchev–Trinajstić information content (AvgIpc) is 2.47. The van der Waals surface area contributed by atoms with Gasteiger partial charge in [0.25, 0.3) is 0 Å². The number of hydrogen-bond donors (Lipinski definition) is 1. The highest BCUT2D eigenvalue weighted by atomic mass is 32.2. The van der Waals surface area contributed by atoms with Crippen molar-refractivity contribution in [3.8, 4) is 0 Å². The van der Waals surface area contributed by atoms with Gasteiger partial charge in [0.2, 0.25) is 0 Å². The molecule has 120 valence electrons. The van der Waals surface area contributed by atoms with Gasteiger partial charge in [0.15, 0.2) is 0 Å². The second-order valence-electron chi connectivity index (χ2n) is 6.07. The largest absolute Gasteiger partial charge is 0.481 e. The van der Waals surface area contributed by atoms with Gasteiger partial charge in [-0.3, -0.25) is 4.79 Å². The first-order chi connectivity index (χ1) is 10.0. The van der Waals surface area contributed by atoms with Gasteiger partial charge in [0.1, 0.15) is 0 Å². The predicted octanol–water partition coefficient (Wildman–Crippen LogP) is 2.65. The Bertz CT molecular complexity index is 391. The van der Waals surface area contributed by atoms with Crippen LogP contribution in [-0.2, 0) is 4.79 Å². The number of carboxylic acid groups (broad SMARTS) is 1. The number of nitrogens with zero attached hydrogens (tertiary/aromatic N) is 2. The molecule has 0 aliphatic carbocycles. The van der Waals surface area contributed by atoms with Crippen molar-refractivity contribution in [2.45, 2.75) is 63.3 Å². The quantitative estimate of drug-likeness (QED) is 0.870. The molecule has 3 atom stereocenters. The standard InChI is InChI=1S/C15H26N2O3S/c1-11-12(2)21-10-9-16(11)15(20)17-8-4-3-5-13(17)6-7-14(18)19/h11-13H,3-10H2,1-2H3,(H,18,19). The Hall–Kier alpha value is -0.910. The average molecular weight is 314 g/mol. The number of rotatable bonds is 3. The van der Waals surface area contributed by atoms with Gasteiger partial charge in [-0.25, -0.2) is 4.79 Å². The SMILES string of the molecule is CC1SCCN(C(=O)N2CCCCC2CCC(=O)O)C1C. The summed E-state index contributed by atoms with van der Waals surface area (Å²) in [6.07, 6.45) is 3.78. The first-order valence-electron chi connectivity index (χ1n) is 7.91. The molecule has 2 saturated heterocycles. The highest BCUT2D eigenvalue weighted by Gasteiger charge is 2.35. The Morgan fingerprint density at radius 1 is 1.19 bits per heavy atom. The maximum Gasteiger partial charge on any atom is 0.320 e. The van der Waals surface area contributed by atoms with E-state index in [4.69, 9.17) is 5.11 Å². The molecule has 1 N–H and O–H groups in total. The summed E-state index contributed by atoms with van der Waals surface area (Å²) in [7, 11) is 0. The number of urea groups is 1. The van der Waals surface area contributed by atoms with Crippen molar-refractivity contribution >= 4 is 23.8 Å². The van der Waals surface area contributed by atoms with E-state index in [2.05, 4.69) is 13.8 Å². The van der Waals surface area contributed by atoms with Crippen molar-refractivity contribution in [2.24, 2.45) is 0 Å². The van der Waals surface area contributed by atoms with E-state index in [1.807, 2.05) is 21.6 Å². The van der Waals surface area contributed by atoms with Crippen LogP contribution in [0.4, 0.5) is 4.79 Å². The van der Waals surface area contributed by atoms with Gasteiger partial charge in [-0.05, 0) is 32.6 Å². The molecule has 0 radical (unpaired) electrons. The van der Waals surface area contributed by atoms with E-state index in [1.54, 1.807) is 0 Å². The summed E-state index contributed by atoms with van der Waals surface area (Å²) >= 11 is 1.92. The number of amides is 2. The zero-order valence-electron chi connectivity index (χ0n) is 13.0. The van der Waals surface area contributed by atoms with Gasteiger partial charge >= 0.3 is 12.0 Å². The minimum Gasteiger partial charge on any atom is -0.481 e. The number of carbonyl (C=O) groups excluding carboxylic acids is 1. The number of likely N-dealkylation sites (tertiary alicyclic amines) is 1. The second-order valence-corrected chi connectivity index (χ2v) is 7.55. The lowest BCUT2D eigenvalue weighted by Gasteiger charge is -2.44. The number of hydrogen-bond acceptors (Lipinski definition) is 3. The number of piperidine rings is 1. The number of carboxylic acids is 1. The first kappa shape index (κ1) is 16.5. The minimum absolute atomic E-state index is 0.0967. The van der Waals surface area contributed by atoms with Crippen LogP contribution in [0.25, 0.3) is 0 Å². The van der Waals surface area contributed by atoms with E-state index < -0.39 is 5.97 Å². The molecule has 2 aliphatic rings. The summed E-state index contributed by atoms with van der Waals surface area (Å²) in [4.78, 5) is 27.6. The van der Waals surface area contributed by atoms with Gasteiger partial charge < -0.3 is 14.9 Å². The Kier molecular flexibility index (Phi) is 5.79. The monoisotopic (exact) mass is 314 g/mol. The zero-order chi connectivity index (χ0) is 15.4. The zero-order valence-corrected chi connectivity index (χ0v) is 13.8. The van der Waals surface area contributed by atoms with Crippen molar-refractivity contribution in [3.63, 3.8) is 0 Å². The molecule has 6 heteroatoms. The van der Waals surface area contributed by atoms with Crippen LogP contribution in [0.2, 0.25) is 0 Å². The molecule has 0 saturated carbocycles. The molecule has 0 aromatic rings. The van der Waals surface area contributed by atoms with E-state index in [0.717, 1.165) is 38.1 Å². The highest BCUT2D eigenvalue weighted by Crippen LogP contribution is 2.28. The second kappa shape index (κ2) is 7.38. The fraction of sp³-hybridized carbons (Fsp3) is 0.867. The number of aliphatic carboxylic acids is 1. The Morgan fingerprint density at radius 3 is 2.67 bits per heavy atom. The third-order valence-electron chi connectivity index (χ3n) is 4.69. The van der Waals surface area contributed by atoms with Crippen molar-refractivity contribution in [1.29, 1.82) is 0 Å². The van der Waals surface area contributed by atoms with Crippen LogP contribution >= 0.6 is 11.8 Å². The summed E-state index contributed by atoms with van der Waals surface area (Å²) < 4.78 is 0. The molecule has 21 heavy (non-hydrogen) atoms. The minimum atomic E-state index is -0.774. The molecule has 2 amide bonds. The smallest absolute Gasteiger partial charge is 0.320 e. The summed E-state index contributed by atoms with van der Waals surface area (Å²) in [5.74, 6) is 0.217. The fourth-order valence-electron chi connectivity index (χ4n) is 3.21. The third kappa shape index (κ3) is 4.05. The van der Waals surface area contributed by atoms with Crippen molar-refractivity contribution in [2.75, 3.05) is 18.8 Å². The molecule has 2 fully saturated rings. The molecule has 2 heterocycles. The van der Waals surface area contributed by atoms with Gasteiger partial charge in [0, 0.05) is 42.6 Å². The van der Waals surface area contributed by atoms with Crippen LogP contribution in [0.5, 0.6) is 0 Å². The Labute approximate surface area is 131 Å². The summed E-state index contributed by atoms with van der Waals surface area (Å²) in [6, 6.07) is 0.461. The van der Waals surface area contributed by atoms with Gasteiger partial charge in [-0.2, -0.15) is 11.8 Å². The normalized spacial score (nSPS) is 30.3. The van der Waals surface area contributed by atoms with Crippen LogP contribution in [0, 0.1) is 0 Å². The molecule has 0 spiro atoms. The predicted molar refractivity (Wildman–Crippen MR) is 84.7 cm³/mol. The molecule has 2 rings (SSSR count). The number of thioether (sulfide) groups is 1. The lowest BCUT2D eigenvalue weighted by Crippen LogP contribution is -2.56. The van der Waals surface area contributed by atoms with Gasteiger partial charge in [0.05, 0.1) is 0 Å². The van der Waals surface area contributed by atoms with Crippen LogP contribution < -0.4 is 0 Å². The van der Waals surface area contributed by atoms with E-state index in [9.17, 15) is 9.59 Å². The molecular weight excluding hydrogens is 288 g/mol. The summed E-state index contributed by atoms with van der Waals surface area (Å²) in [5.41, 5.74) is 0. The van der Waals surface area contributed by atoms with Gasteiger partial charge in [-0.15, -0.1) is 0 Å². The van der Waals surface area contributed by atoms with E-state index in [-0.39, 0.29) is 24.5 Å². The first-order valence-corrected chi connectivity index (χ1v) is 8.96. The summed E-state index contributed by atoms with van der Waals surface area (Å²) in [5, 5.41) is 9.34. The molecule has 0 bridgehead atoms. The van der Waals surface area contributed by atoms with Crippen LogP contribution in [-0.4, -0.2) is 63.1 Å². The molecule has 5 nitrogen and oxygen atoms in total. The molecule has 0 aromatic carbocycles. The molecule has 0 aromatic heterocycles. The van der Waals surface area contributed by atoms with E-state index in [0.29, 0.717) is 11.7 Å². The lowest BCUT2D eigenvalue weighted by molar-refractivity contribution is -0.137. The van der Waals surface area contributed by atoms with Crippen LogP contribution in [0.15, 0.2) is 0 Å². The summed E-state index contributed by atoms with van der Waals surface area (Å²) in [6.45, 7) is 5.86. The van der Waals surface area contributed by atoms with Crippen LogP contribution in [0.3, 0.4) is 0 Å². The van der Waals surface area contributed by atoms with Crippen molar-refractivity contribution in [3.05, 3.63) is 0 Å². The van der Waals surface area contributed by atoms with Gasteiger partial charge in [-0.1, -0.05) is 6.92 Å². The maximum atomic E-state index is 12.9. The van der Waals surface area contributed by atoms with Crippen molar-refractivity contribution in [1.82, 2.24) is 9.80 Å². The lowest BCUT2D eigenvalue weighted by atomic mass is 9.98. The van der Waals surface area contributed by atoms with Crippen LogP contribution in [0.1, 0.15) is 46.0 Å².